The topological polar surface area (TPSA) is 103 Å². The Hall–Kier alpha value is -4.08. The third-order valence-corrected chi connectivity index (χ3v) is 9.15. The molecule has 0 saturated carbocycles. The molecule has 4 aromatic rings. The van der Waals surface area contributed by atoms with Crippen LogP contribution >= 0.6 is 11.3 Å². The third-order valence-electron chi connectivity index (χ3n) is 8.11. The van der Waals surface area contributed by atoms with Gasteiger partial charge in [0.1, 0.15) is 28.3 Å². The van der Waals surface area contributed by atoms with Crippen LogP contribution in [0.1, 0.15) is 30.3 Å². The van der Waals surface area contributed by atoms with E-state index in [9.17, 15) is 14.4 Å². The SMILES string of the molecule is CCn1nc2nc(C)c(N3CCN(C(=O)C4CCOCC4)CC3)cc2c1N(C)c1nc(-c2ccc(F)cc2)c(C#N)s1. The highest BCUT2D eigenvalue weighted by Crippen LogP contribution is 2.39. The fourth-order valence-corrected chi connectivity index (χ4v) is 6.66. The molecule has 0 bridgehead atoms. The van der Waals surface area contributed by atoms with E-state index in [1.54, 1.807) is 12.1 Å². The van der Waals surface area contributed by atoms with Gasteiger partial charge in [0, 0.05) is 64.5 Å². The van der Waals surface area contributed by atoms with Crippen molar-refractivity contribution in [3.8, 4) is 17.3 Å². The summed E-state index contributed by atoms with van der Waals surface area (Å²) in [6.45, 7) is 8.79. The molecule has 0 radical (unpaired) electrons. The zero-order valence-electron chi connectivity index (χ0n) is 24.0. The number of anilines is 3. The Morgan fingerprint density at radius 1 is 1.17 bits per heavy atom. The number of aryl methyl sites for hydroxylation is 2. The number of carbonyl (C=O) groups excluding carboxylic acids is 1. The molecule has 0 atom stereocenters. The second-order valence-electron chi connectivity index (χ2n) is 10.7. The molecule has 12 heteroatoms. The van der Waals surface area contributed by atoms with Crippen molar-refractivity contribution in [1.82, 2.24) is 24.6 Å². The average molecular weight is 589 g/mol. The molecular formula is C30H33FN8O2S. The van der Waals surface area contributed by atoms with E-state index in [2.05, 4.69) is 17.0 Å². The molecule has 5 heterocycles. The third kappa shape index (κ3) is 5.18. The van der Waals surface area contributed by atoms with Crippen molar-refractivity contribution in [2.75, 3.05) is 56.2 Å². The van der Waals surface area contributed by atoms with Gasteiger partial charge in [0.15, 0.2) is 10.8 Å². The lowest BCUT2D eigenvalue weighted by molar-refractivity contribution is -0.138. The predicted octanol–water partition coefficient (Wildman–Crippen LogP) is 4.74. The first-order chi connectivity index (χ1) is 20.4. The molecule has 218 valence electrons. The van der Waals surface area contributed by atoms with E-state index < -0.39 is 0 Å². The van der Waals surface area contributed by atoms with Crippen molar-refractivity contribution in [3.05, 3.63) is 46.7 Å². The van der Waals surface area contributed by atoms with Gasteiger partial charge in [0.05, 0.1) is 16.8 Å². The Balaban J connectivity index is 1.29. The summed E-state index contributed by atoms with van der Waals surface area (Å²) in [5.74, 6) is 0.808. The molecule has 0 unspecified atom stereocenters. The van der Waals surface area contributed by atoms with Gasteiger partial charge in [-0.1, -0.05) is 11.3 Å². The molecule has 0 aliphatic carbocycles. The summed E-state index contributed by atoms with van der Waals surface area (Å²) in [7, 11) is 1.91. The second-order valence-corrected chi connectivity index (χ2v) is 11.6. The number of ether oxygens (including phenoxy) is 1. The summed E-state index contributed by atoms with van der Waals surface area (Å²) in [6, 6.07) is 10.4. The molecular weight excluding hydrogens is 555 g/mol. The summed E-state index contributed by atoms with van der Waals surface area (Å²) in [5.41, 5.74) is 3.77. The molecule has 1 amide bonds. The molecule has 2 aliphatic heterocycles. The van der Waals surface area contributed by atoms with Crippen LogP contribution in [0, 0.1) is 30.0 Å². The average Bonchev–Trinajstić information content (AvgIpc) is 3.62. The van der Waals surface area contributed by atoms with Crippen LogP contribution < -0.4 is 9.80 Å². The standard InChI is InChI=1S/C30H33FN8O2S/c1-4-39-28(36(3)30-34-26(25(18-32)42-30)20-5-7-22(31)8-6-20)23-17-24(19(2)33-27(23)35-39)37-11-13-38(14-12-37)29(40)21-9-15-41-16-10-21/h5-8,17,21H,4,9-16H2,1-3H3. The van der Waals surface area contributed by atoms with Gasteiger partial charge in [0.2, 0.25) is 5.91 Å². The number of pyridine rings is 1. The maximum atomic E-state index is 13.5. The Bertz CT molecular complexity index is 1650. The molecule has 0 spiro atoms. The Kier molecular flexibility index (Phi) is 7.79. The number of hydrogen-bond acceptors (Lipinski definition) is 9. The van der Waals surface area contributed by atoms with Gasteiger partial charge >= 0.3 is 0 Å². The molecule has 2 saturated heterocycles. The van der Waals surface area contributed by atoms with Crippen molar-refractivity contribution in [3.63, 3.8) is 0 Å². The number of nitrogens with zero attached hydrogens (tertiary/aromatic N) is 8. The van der Waals surface area contributed by atoms with Crippen molar-refractivity contribution >= 4 is 44.9 Å². The van der Waals surface area contributed by atoms with E-state index in [4.69, 9.17) is 19.8 Å². The van der Waals surface area contributed by atoms with Crippen LogP contribution in [-0.2, 0) is 16.1 Å². The van der Waals surface area contributed by atoms with Crippen molar-refractivity contribution in [2.45, 2.75) is 33.2 Å². The maximum absolute atomic E-state index is 13.5. The van der Waals surface area contributed by atoms with Crippen LogP contribution in [0.4, 0.5) is 21.0 Å². The van der Waals surface area contributed by atoms with Crippen molar-refractivity contribution < 1.29 is 13.9 Å². The molecule has 3 aromatic heterocycles. The minimum atomic E-state index is -0.339. The number of halogens is 1. The lowest BCUT2D eigenvalue weighted by Crippen LogP contribution is -2.51. The number of amides is 1. The largest absolute Gasteiger partial charge is 0.381 e. The molecule has 1 aromatic carbocycles. The van der Waals surface area contributed by atoms with E-state index in [0.717, 1.165) is 48.5 Å². The summed E-state index contributed by atoms with van der Waals surface area (Å²) in [4.78, 5) is 29.4. The first-order valence-corrected chi connectivity index (χ1v) is 15.1. The maximum Gasteiger partial charge on any atom is 0.225 e. The van der Waals surface area contributed by atoms with Crippen molar-refractivity contribution in [2.24, 2.45) is 5.92 Å². The summed E-state index contributed by atoms with van der Waals surface area (Å²) < 4.78 is 20.9. The molecule has 6 rings (SSSR count). The lowest BCUT2D eigenvalue weighted by Gasteiger charge is -2.38. The Morgan fingerprint density at radius 2 is 1.88 bits per heavy atom. The molecule has 0 N–H and O–H groups in total. The minimum Gasteiger partial charge on any atom is -0.381 e. The van der Waals surface area contributed by atoms with E-state index in [-0.39, 0.29) is 17.6 Å². The van der Waals surface area contributed by atoms with Gasteiger partial charge in [-0.3, -0.25) is 4.79 Å². The smallest absolute Gasteiger partial charge is 0.225 e. The number of nitriles is 1. The van der Waals surface area contributed by atoms with Crippen LogP contribution in [0.15, 0.2) is 30.3 Å². The van der Waals surface area contributed by atoms with E-state index in [1.807, 2.05) is 35.4 Å². The number of aromatic nitrogens is 4. The van der Waals surface area contributed by atoms with Gasteiger partial charge in [-0.15, -0.1) is 0 Å². The van der Waals surface area contributed by atoms with Crippen LogP contribution in [0.2, 0.25) is 0 Å². The number of benzene rings is 1. The fraction of sp³-hybridized carbons (Fsp3) is 0.433. The van der Waals surface area contributed by atoms with Crippen LogP contribution in [-0.4, -0.2) is 77.0 Å². The highest BCUT2D eigenvalue weighted by molar-refractivity contribution is 7.16. The monoisotopic (exact) mass is 588 g/mol. The first kappa shape index (κ1) is 28.1. The Labute approximate surface area is 247 Å². The van der Waals surface area contributed by atoms with Gasteiger partial charge in [-0.05, 0) is 57.0 Å². The molecule has 10 nitrogen and oxygen atoms in total. The predicted molar refractivity (Wildman–Crippen MR) is 161 cm³/mol. The number of thiazole rings is 1. The minimum absolute atomic E-state index is 0.0685. The van der Waals surface area contributed by atoms with Gasteiger partial charge in [0.25, 0.3) is 0 Å². The molecule has 2 aliphatic rings. The number of hydrogen-bond donors (Lipinski definition) is 0. The summed E-state index contributed by atoms with van der Waals surface area (Å²) >= 11 is 1.29. The lowest BCUT2D eigenvalue weighted by atomic mass is 9.98. The highest BCUT2D eigenvalue weighted by atomic mass is 32.1. The van der Waals surface area contributed by atoms with E-state index in [1.165, 1.54) is 23.5 Å². The Morgan fingerprint density at radius 3 is 2.55 bits per heavy atom. The number of fused-ring (bicyclic) bond motifs is 1. The number of carbonyl (C=O) groups is 1. The van der Waals surface area contributed by atoms with Crippen LogP contribution in [0.25, 0.3) is 22.3 Å². The van der Waals surface area contributed by atoms with Gasteiger partial charge in [-0.25, -0.2) is 19.0 Å². The fourth-order valence-electron chi connectivity index (χ4n) is 5.81. The number of rotatable bonds is 6. The molecule has 42 heavy (non-hydrogen) atoms. The molecule has 2 fully saturated rings. The highest BCUT2D eigenvalue weighted by Gasteiger charge is 2.30. The van der Waals surface area contributed by atoms with Gasteiger partial charge < -0.3 is 19.4 Å². The van der Waals surface area contributed by atoms with Crippen LogP contribution in [0.3, 0.4) is 0 Å². The summed E-state index contributed by atoms with van der Waals surface area (Å²) in [5, 5.41) is 16.1. The quantitative estimate of drug-likeness (QED) is 0.318. The zero-order valence-corrected chi connectivity index (χ0v) is 24.8. The second kappa shape index (κ2) is 11.7. The van der Waals surface area contributed by atoms with E-state index in [0.29, 0.717) is 59.8 Å². The van der Waals surface area contributed by atoms with E-state index >= 15 is 0 Å². The zero-order chi connectivity index (χ0) is 29.4. The van der Waals surface area contributed by atoms with Gasteiger partial charge in [-0.2, -0.15) is 10.4 Å². The van der Waals surface area contributed by atoms with Crippen molar-refractivity contribution in [1.29, 1.82) is 5.26 Å². The number of piperazine rings is 1. The normalized spacial score (nSPS) is 16.2. The first-order valence-electron chi connectivity index (χ1n) is 14.3. The van der Waals surface area contributed by atoms with Crippen LogP contribution in [0.5, 0.6) is 0 Å². The summed E-state index contributed by atoms with van der Waals surface area (Å²) in [6.07, 6.45) is 1.60.